The molecule has 0 spiro atoms. The fourth-order valence-corrected chi connectivity index (χ4v) is 3.76. The summed E-state index contributed by atoms with van der Waals surface area (Å²) < 4.78 is 0. The van der Waals surface area contributed by atoms with Gasteiger partial charge in [0.1, 0.15) is 0 Å². The zero-order valence-corrected chi connectivity index (χ0v) is 16.6. The Morgan fingerprint density at radius 2 is 1.81 bits per heavy atom. The number of nitrogens with one attached hydrogen (secondary N) is 1. The number of hydrazone groups is 1. The molecule has 2 heterocycles. The first-order valence-corrected chi connectivity index (χ1v) is 10.2. The maximum atomic E-state index is 11.9. The van der Waals surface area contributed by atoms with E-state index < -0.39 is 0 Å². The summed E-state index contributed by atoms with van der Waals surface area (Å²) in [6.45, 7) is 6.09. The van der Waals surface area contributed by atoms with Crippen molar-refractivity contribution in [3.63, 3.8) is 0 Å². The summed E-state index contributed by atoms with van der Waals surface area (Å²) in [5, 5.41) is 4.65. The predicted octanol–water partition coefficient (Wildman–Crippen LogP) is 3.33. The number of hydrogen-bond acceptors (Lipinski definition) is 6. The Kier molecular flexibility index (Phi) is 6.81. The van der Waals surface area contributed by atoms with Crippen molar-refractivity contribution in [2.45, 2.75) is 38.3 Å². The van der Waals surface area contributed by atoms with Gasteiger partial charge in [-0.05, 0) is 56.9 Å². The van der Waals surface area contributed by atoms with Gasteiger partial charge < -0.3 is 4.90 Å². The molecule has 0 aliphatic carbocycles. The van der Waals surface area contributed by atoms with Gasteiger partial charge in [-0.1, -0.05) is 23.9 Å². The summed E-state index contributed by atoms with van der Waals surface area (Å²) >= 11 is 1.31. The summed E-state index contributed by atoms with van der Waals surface area (Å²) in [6, 6.07) is 10.2. The van der Waals surface area contributed by atoms with Gasteiger partial charge in [0.15, 0.2) is 5.16 Å². The van der Waals surface area contributed by atoms with Crippen molar-refractivity contribution in [3.8, 4) is 0 Å². The van der Waals surface area contributed by atoms with Crippen LogP contribution in [0.1, 0.15) is 36.2 Å². The summed E-state index contributed by atoms with van der Waals surface area (Å²) in [5.41, 5.74) is 6.56. The molecule has 0 saturated carbocycles. The summed E-state index contributed by atoms with van der Waals surface area (Å²) in [6.07, 6.45) is 5.52. The first kappa shape index (κ1) is 19.4. The van der Waals surface area contributed by atoms with Crippen LogP contribution in [0.3, 0.4) is 0 Å². The van der Waals surface area contributed by atoms with Gasteiger partial charge >= 0.3 is 0 Å². The molecule has 2 aromatic rings. The van der Waals surface area contributed by atoms with Crippen LogP contribution in [-0.4, -0.2) is 40.9 Å². The van der Waals surface area contributed by atoms with Crippen LogP contribution in [0.5, 0.6) is 0 Å². The van der Waals surface area contributed by atoms with Crippen LogP contribution in [0, 0.1) is 13.8 Å². The molecule has 0 unspecified atom stereocenters. The normalized spacial score (nSPS) is 14.5. The molecule has 1 saturated heterocycles. The Hall–Kier alpha value is -2.41. The molecular formula is C20H25N5OS. The smallest absolute Gasteiger partial charge is 0.250 e. The fourth-order valence-electron chi connectivity index (χ4n) is 3.02. The van der Waals surface area contributed by atoms with E-state index in [1.807, 2.05) is 32.0 Å². The highest BCUT2D eigenvalue weighted by molar-refractivity contribution is 7.99. The topological polar surface area (TPSA) is 70.5 Å². The zero-order valence-electron chi connectivity index (χ0n) is 15.8. The molecule has 0 bridgehead atoms. The first-order chi connectivity index (χ1) is 13.1. The predicted molar refractivity (Wildman–Crippen MR) is 110 cm³/mol. The van der Waals surface area contributed by atoms with E-state index in [-0.39, 0.29) is 11.7 Å². The van der Waals surface area contributed by atoms with E-state index in [1.54, 1.807) is 6.21 Å². The maximum Gasteiger partial charge on any atom is 0.250 e. The van der Waals surface area contributed by atoms with Gasteiger partial charge in [-0.15, -0.1) is 0 Å². The molecule has 142 valence electrons. The van der Waals surface area contributed by atoms with Crippen molar-refractivity contribution >= 4 is 29.6 Å². The standard InChI is InChI=1S/C20H25N5OS/c1-15-12-16(2)23-20(22-15)27-14-19(26)24-21-13-17-6-8-18(9-7-17)25-10-4-3-5-11-25/h6-9,12-13H,3-5,10-11,14H2,1-2H3,(H,24,26). The summed E-state index contributed by atoms with van der Waals surface area (Å²) in [5.74, 6) is 0.0534. The van der Waals surface area contributed by atoms with Crippen molar-refractivity contribution in [3.05, 3.63) is 47.3 Å². The third-order valence-corrected chi connectivity index (χ3v) is 5.16. The average Bonchev–Trinajstić information content (AvgIpc) is 2.67. The first-order valence-electron chi connectivity index (χ1n) is 9.22. The minimum absolute atomic E-state index is 0.177. The molecule has 1 N–H and O–H groups in total. The summed E-state index contributed by atoms with van der Waals surface area (Å²) in [7, 11) is 0. The molecule has 1 fully saturated rings. The molecule has 6 nitrogen and oxygen atoms in total. The Balaban J connectivity index is 1.46. The van der Waals surface area contributed by atoms with E-state index in [4.69, 9.17) is 0 Å². The second-order valence-corrected chi connectivity index (χ2v) is 7.60. The van der Waals surface area contributed by atoms with Crippen molar-refractivity contribution in [1.82, 2.24) is 15.4 Å². The third kappa shape index (κ3) is 6.06. The van der Waals surface area contributed by atoms with Crippen molar-refractivity contribution in [2.75, 3.05) is 23.7 Å². The monoisotopic (exact) mass is 383 g/mol. The minimum Gasteiger partial charge on any atom is -0.372 e. The van der Waals surface area contributed by atoms with E-state index in [0.717, 1.165) is 30.0 Å². The number of piperidine rings is 1. The highest BCUT2D eigenvalue weighted by Gasteiger charge is 2.10. The second-order valence-electron chi connectivity index (χ2n) is 6.65. The molecule has 1 aliphatic heterocycles. The number of anilines is 1. The number of carbonyl (C=O) groups excluding carboxylic acids is 1. The van der Waals surface area contributed by atoms with E-state index in [0.29, 0.717) is 5.16 Å². The highest BCUT2D eigenvalue weighted by atomic mass is 32.2. The SMILES string of the molecule is Cc1cc(C)nc(SCC(=O)NN=Cc2ccc(N3CCCCC3)cc2)n1. The molecule has 27 heavy (non-hydrogen) atoms. The second kappa shape index (κ2) is 9.50. The van der Waals surface area contributed by atoms with Gasteiger partial charge in [-0.25, -0.2) is 15.4 Å². The number of benzene rings is 1. The van der Waals surface area contributed by atoms with E-state index in [2.05, 4.69) is 37.5 Å². The minimum atomic E-state index is -0.177. The number of amides is 1. The van der Waals surface area contributed by atoms with Crippen LogP contribution >= 0.6 is 11.8 Å². The Labute approximate surface area is 164 Å². The number of hydrogen-bond donors (Lipinski definition) is 1. The maximum absolute atomic E-state index is 11.9. The lowest BCUT2D eigenvalue weighted by Crippen LogP contribution is -2.29. The fraction of sp³-hybridized carbons (Fsp3) is 0.400. The zero-order chi connectivity index (χ0) is 19.1. The molecule has 3 rings (SSSR count). The van der Waals surface area contributed by atoms with E-state index >= 15 is 0 Å². The summed E-state index contributed by atoms with van der Waals surface area (Å²) in [4.78, 5) is 23.0. The van der Waals surface area contributed by atoms with E-state index in [1.165, 1.54) is 36.7 Å². The lowest BCUT2D eigenvalue weighted by atomic mass is 10.1. The lowest BCUT2D eigenvalue weighted by molar-refractivity contribution is -0.118. The quantitative estimate of drug-likeness (QED) is 0.359. The number of thioether (sulfide) groups is 1. The van der Waals surface area contributed by atoms with E-state index in [9.17, 15) is 4.79 Å². The number of aromatic nitrogens is 2. The molecule has 7 heteroatoms. The van der Waals surface area contributed by atoms with Gasteiger partial charge in [0.25, 0.3) is 5.91 Å². The molecule has 0 radical (unpaired) electrons. The number of nitrogens with zero attached hydrogens (tertiary/aromatic N) is 4. The van der Waals surface area contributed by atoms with Gasteiger partial charge in [0, 0.05) is 30.2 Å². The lowest BCUT2D eigenvalue weighted by Gasteiger charge is -2.28. The van der Waals surface area contributed by atoms with Crippen molar-refractivity contribution in [2.24, 2.45) is 5.10 Å². The Morgan fingerprint density at radius 3 is 2.48 bits per heavy atom. The van der Waals surface area contributed by atoms with Crippen LogP contribution in [-0.2, 0) is 4.79 Å². The van der Waals surface area contributed by atoms with Gasteiger partial charge in [0.05, 0.1) is 12.0 Å². The average molecular weight is 384 g/mol. The molecule has 0 atom stereocenters. The largest absolute Gasteiger partial charge is 0.372 e. The van der Waals surface area contributed by atoms with Crippen LogP contribution in [0.25, 0.3) is 0 Å². The Bertz CT molecular complexity index is 780. The number of rotatable bonds is 6. The molecular weight excluding hydrogens is 358 g/mol. The third-order valence-electron chi connectivity index (χ3n) is 4.31. The van der Waals surface area contributed by atoms with Crippen molar-refractivity contribution in [1.29, 1.82) is 0 Å². The van der Waals surface area contributed by atoms with Crippen molar-refractivity contribution < 1.29 is 4.79 Å². The molecule has 1 aromatic carbocycles. The van der Waals surface area contributed by atoms with Crippen LogP contribution in [0.15, 0.2) is 40.6 Å². The molecule has 1 amide bonds. The molecule has 1 aliphatic rings. The van der Waals surface area contributed by atoms with Crippen LogP contribution in [0.2, 0.25) is 0 Å². The van der Waals surface area contributed by atoms with Gasteiger partial charge in [-0.2, -0.15) is 5.10 Å². The van der Waals surface area contributed by atoms with Gasteiger partial charge in [-0.3, -0.25) is 4.79 Å². The number of carbonyl (C=O) groups is 1. The van der Waals surface area contributed by atoms with Crippen LogP contribution in [0.4, 0.5) is 5.69 Å². The number of aryl methyl sites for hydroxylation is 2. The highest BCUT2D eigenvalue weighted by Crippen LogP contribution is 2.19. The van der Waals surface area contributed by atoms with Crippen LogP contribution < -0.4 is 10.3 Å². The molecule has 1 aromatic heterocycles. The van der Waals surface area contributed by atoms with Gasteiger partial charge in [0.2, 0.25) is 0 Å². The Morgan fingerprint density at radius 1 is 1.15 bits per heavy atom.